The first-order valence-electron chi connectivity index (χ1n) is 4.16. The van der Waals surface area contributed by atoms with Gasteiger partial charge < -0.3 is 4.74 Å². The molecule has 0 aromatic carbocycles. The Bertz CT molecular complexity index is 559. The molecule has 0 aliphatic rings. The van der Waals surface area contributed by atoms with Crippen LogP contribution >= 0.6 is 40.0 Å². The third-order valence-corrected chi connectivity index (χ3v) is 4.19. The van der Waals surface area contributed by atoms with Crippen molar-refractivity contribution in [3.63, 3.8) is 0 Å². The number of hydrogen-bond donors (Lipinski definition) is 0. The number of methoxy groups -OCH3 is 1. The monoisotopic (exact) mass is 369 g/mol. The molecule has 0 radical (unpaired) electrons. The minimum Gasteiger partial charge on any atom is -0.464 e. The Labute approximate surface area is 111 Å². The lowest BCUT2D eigenvalue weighted by molar-refractivity contribution is 0.0596. The molecule has 1 atom stereocenters. The molecule has 0 fully saturated rings. The van der Waals surface area contributed by atoms with Crippen LogP contribution in [-0.2, 0) is 4.74 Å². The largest absolute Gasteiger partial charge is 0.464 e. The van der Waals surface area contributed by atoms with Crippen molar-refractivity contribution in [3.8, 4) is 0 Å². The molecule has 0 amide bonds. The molecule has 0 bridgehead atoms. The van der Waals surface area contributed by atoms with E-state index in [-0.39, 0.29) is 5.69 Å². The standard InChI is InChI=1S/C8H6ClIN3O2P/c1-15-8(14)6-7-4(5(9)3-11-6)2-12-13(7)16-10/h2-3,16H,1H3. The van der Waals surface area contributed by atoms with Crippen molar-refractivity contribution < 1.29 is 9.53 Å². The van der Waals surface area contributed by atoms with E-state index in [1.807, 2.05) is 0 Å². The van der Waals surface area contributed by atoms with E-state index < -0.39 is 5.97 Å². The smallest absolute Gasteiger partial charge is 0.358 e. The fourth-order valence-electron chi connectivity index (χ4n) is 1.31. The van der Waals surface area contributed by atoms with E-state index in [2.05, 4.69) is 36.9 Å². The zero-order chi connectivity index (χ0) is 11.7. The molecule has 0 saturated heterocycles. The third kappa shape index (κ3) is 1.89. The van der Waals surface area contributed by atoms with E-state index in [0.29, 0.717) is 22.3 Å². The zero-order valence-electron chi connectivity index (χ0n) is 8.07. The van der Waals surface area contributed by atoms with Crippen LogP contribution in [-0.4, -0.2) is 27.6 Å². The lowest BCUT2D eigenvalue weighted by Gasteiger charge is -2.03. The number of fused-ring (bicyclic) bond motifs is 1. The molecule has 8 heteroatoms. The SMILES string of the molecule is COC(=O)c1ncc(Cl)c2cnn(PI)c12. The highest BCUT2D eigenvalue weighted by Crippen LogP contribution is 2.32. The second-order valence-corrected chi connectivity index (χ2v) is 5.30. The first-order chi connectivity index (χ1) is 7.69. The molecule has 1 unspecified atom stereocenters. The Kier molecular flexibility index (Phi) is 3.61. The molecule has 2 aromatic rings. The maximum atomic E-state index is 11.5. The predicted molar refractivity (Wildman–Crippen MR) is 71.6 cm³/mol. The van der Waals surface area contributed by atoms with Crippen molar-refractivity contribution in [2.24, 2.45) is 0 Å². The Morgan fingerprint density at radius 3 is 3.00 bits per heavy atom. The van der Waals surface area contributed by atoms with Crippen LogP contribution in [0, 0.1) is 0 Å². The summed E-state index contributed by atoms with van der Waals surface area (Å²) in [6.45, 7) is 0. The molecular weight excluding hydrogens is 363 g/mol. The topological polar surface area (TPSA) is 57.0 Å². The van der Waals surface area contributed by atoms with E-state index in [1.165, 1.54) is 13.3 Å². The van der Waals surface area contributed by atoms with Crippen LogP contribution in [0.4, 0.5) is 0 Å². The molecular formula is C8H6ClIN3O2P. The Morgan fingerprint density at radius 2 is 2.38 bits per heavy atom. The first kappa shape index (κ1) is 12.0. The summed E-state index contributed by atoms with van der Waals surface area (Å²) in [5.74, 6) is -0.488. The minimum absolute atomic E-state index is 0.239. The third-order valence-electron chi connectivity index (χ3n) is 2.02. The van der Waals surface area contributed by atoms with Crippen molar-refractivity contribution in [2.75, 3.05) is 7.11 Å². The summed E-state index contributed by atoms with van der Waals surface area (Å²) >= 11 is 8.15. The van der Waals surface area contributed by atoms with E-state index in [9.17, 15) is 4.79 Å². The number of carbonyl (C=O) groups excluding carboxylic acids is 1. The summed E-state index contributed by atoms with van der Waals surface area (Å²) < 4.78 is 6.35. The maximum absolute atomic E-state index is 11.5. The molecule has 2 heterocycles. The van der Waals surface area contributed by atoms with E-state index in [4.69, 9.17) is 11.6 Å². The van der Waals surface area contributed by atoms with Crippen LogP contribution < -0.4 is 0 Å². The fourth-order valence-corrected chi connectivity index (χ4v) is 3.01. The van der Waals surface area contributed by atoms with Gasteiger partial charge in [0.1, 0.15) is 5.52 Å². The van der Waals surface area contributed by atoms with Crippen molar-refractivity contribution >= 4 is 56.9 Å². The minimum atomic E-state index is -0.488. The average molecular weight is 369 g/mol. The summed E-state index contributed by atoms with van der Waals surface area (Å²) in [6, 6.07) is 0. The van der Waals surface area contributed by atoms with Crippen molar-refractivity contribution in [1.29, 1.82) is 0 Å². The van der Waals surface area contributed by atoms with Crippen LogP contribution in [0.15, 0.2) is 12.4 Å². The van der Waals surface area contributed by atoms with Gasteiger partial charge >= 0.3 is 5.97 Å². The van der Waals surface area contributed by atoms with Gasteiger partial charge in [0, 0.05) is 11.6 Å². The van der Waals surface area contributed by atoms with Crippen molar-refractivity contribution in [2.45, 2.75) is 0 Å². The molecule has 16 heavy (non-hydrogen) atoms. The molecule has 0 N–H and O–H groups in total. The summed E-state index contributed by atoms with van der Waals surface area (Å²) in [5.41, 5.74) is 0.857. The van der Waals surface area contributed by atoms with Gasteiger partial charge in [-0.25, -0.2) is 14.2 Å². The summed E-state index contributed by atoms with van der Waals surface area (Å²) in [6.07, 6.45) is 3.42. The van der Waals surface area contributed by atoms with Crippen LogP contribution in [0.2, 0.25) is 5.02 Å². The van der Waals surface area contributed by atoms with Crippen LogP contribution in [0.3, 0.4) is 0 Å². The van der Waals surface area contributed by atoms with Gasteiger partial charge in [-0.3, -0.25) is 0 Å². The van der Waals surface area contributed by atoms with Gasteiger partial charge in [-0.1, -0.05) is 11.6 Å². The van der Waals surface area contributed by atoms with Gasteiger partial charge in [0.05, 0.1) is 24.7 Å². The summed E-state index contributed by atoms with van der Waals surface area (Å²) in [4.78, 5) is 15.5. The van der Waals surface area contributed by atoms with Gasteiger partial charge in [0.2, 0.25) is 0 Å². The second kappa shape index (κ2) is 4.81. The lowest BCUT2D eigenvalue weighted by atomic mass is 10.2. The van der Waals surface area contributed by atoms with E-state index in [1.54, 1.807) is 10.6 Å². The Balaban J connectivity index is 2.79. The fraction of sp³-hybridized carbons (Fsp3) is 0.125. The van der Waals surface area contributed by atoms with Gasteiger partial charge in [-0.15, -0.1) is 0 Å². The quantitative estimate of drug-likeness (QED) is 0.464. The normalized spacial score (nSPS) is 11.4. The van der Waals surface area contributed by atoms with Crippen molar-refractivity contribution in [3.05, 3.63) is 23.1 Å². The number of carbonyl (C=O) groups is 1. The highest BCUT2D eigenvalue weighted by atomic mass is 127. The molecule has 5 nitrogen and oxygen atoms in total. The predicted octanol–water partition coefficient (Wildman–Crippen LogP) is 2.66. The molecule has 0 aliphatic heterocycles. The molecule has 0 spiro atoms. The van der Waals surface area contributed by atoms with Crippen molar-refractivity contribution in [1.82, 2.24) is 14.5 Å². The highest BCUT2D eigenvalue weighted by Gasteiger charge is 2.18. The molecule has 0 saturated carbocycles. The Morgan fingerprint density at radius 1 is 1.62 bits per heavy atom. The first-order valence-corrected chi connectivity index (χ1v) is 8.60. The second-order valence-electron chi connectivity index (χ2n) is 2.85. The number of ether oxygens (including phenoxy) is 1. The van der Waals surface area contributed by atoms with E-state index in [0.717, 1.165) is 0 Å². The van der Waals surface area contributed by atoms with Gasteiger partial charge in [-0.05, 0) is 22.0 Å². The number of rotatable bonds is 2. The Hall–Kier alpha value is -0.460. The van der Waals surface area contributed by atoms with Crippen LogP contribution in [0.25, 0.3) is 10.9 Å². The molecule has 2 aromatic heterocycles. The van der Waals surface area contributed by atoms with Crippen LogP contribution in [0.5, 0.6) is 0 Å². The zero-order valence-corrected chi connectivity index (χ0v) is 12.0. The number of pyridine rings is 1. The average Bonchev–Trinajstić information content (AvgIpc) is 2.73. The number of aromatic nitrogens is 3. The number of nitrogens with zero attached hydrogens (tertiary/aromatic N) is 3. The van der Waals surface area contributed by atoms with E-state index >= 15 is 0 Å². The molecule has 2 rings (SSSR count). The highest BCUT2D eigenvalue weighted by molar-refractivity contribution is 14.2. The number of esters is 1. The summed E-state index contributed by atoms with van der Waals surface area (Å²) in [5, 5.41) is 5.33. The molecule has 0 aliphatic carbocycles. The summed E-state index contributed by atoms with van der Waals surface area (Å²) in [7, 11) is 1.32. The van der Waals surface area contributed by atoms with Gasteiger partial charge in [0.25, 0.3) is 0 Å². The number of halogens is 2. The molecule has 84 valence electrons. The van der Waals surface area contributed by atoms with Gasteiger partial charge in [0.15, 0.2) is 5.69 Å². The van der Waals surface area contributed by atoms with Crippen LogP contribution in [0.1, 0.15) is 10.5 Å². The maximum Gasteiger partial charge on any atom is 0.358 e. The number of hydrogen-bond acceptors (Lipinski definition) is 4. The lowest BCUT2D eigenvalue weighted by Crippen LogP contribution is -2.06. The van der Waals surface area contributed by atoms with Gasteiger partial charge in [-0.2, -0.15) is 5.10 Å².